The normalized spacial score (nSPS) is 15.8. The molecule has 2 aromatic rings. The van der Waals surface area contributed by atoms with E-state index in [4.69, 9.17) is 4.42 Å². The molecule has 1 atom stereocenters. The second kappa shape index (κ2) is 10.3. The Morgan fingerprint density at radius 3 is 2.41 bits per heavy atom. The molecule has 2 amide bonds. The molecule has 1 saturated carbocycles. The molecule has 6 heteroatoms. The first-order chi connectivity index (χ1) is 14.0. The second-order valence-corrected chi connectivity index (χ2v) is 8.19. The lowest BCUT2D eigenvalue weighted by molar-refractivity contribution is -0.692. The molecule has 4 N–H and O–H groups in total. The average molecular weight is 399 g/mol. The quantitative estimate of drug-likeness (QED) is 0.627. The van der Waals surface area contributed by atoms with Crippen LogP contribution in [0.1, 0.15) is 79.6 Å². The fourth-order valence-electron chi connectivity index (χ4n) is 4.10. The molecule has 156 valence electrons. The lowest BCUT2D eigenvalue weighted by atomic mass is 9.83. The minimum absolute atomic E-state index is 0.160. The van der Waals surface area contributed by atoms with Crippen LogP contribution in [0.3, 0.4) is 0 Å². The zero-order valence-corrected chi connectivity index (χ0v) is 17.3. The van der Waals surface area contributed by atoms with E-state index in [2.05, 4.69) is 49.0 Å². The summed E-state index contributed by atoms with van der Waals surface area (Å²) < 4.78 is 5.00. The van der Waals surface area contributed by atoms with Crippen LogP contribution in [0.2, 0.25) is 0 Å². The maximum atomic E-state index is 12.1. The van der Waals surface area contributed by atoms with Crippen LogP contribution in [0.4, 0.5) is 0 Å². The van der Waals surface area contributed by atoms with Gasteiger partial charge in [-0.25, -0.2) is 0 Å². The van der Waals surface area contributed by atoms with Crippen LogP contribution >= 0.6 is 0 Å². The van der Waals surface area contributed by atoms with Crippen molar-refractivity contribution in [2.24, 2.45) is 5.92 Å². The minimum atomic E-state index is -0.470. The van der Waals surface area contributed by atoms with E-state index in [0.29, 0.717) is 11.8 Å². The van der Waals surface area contributed by atoms with E-state index in [1.54, 1.807) is 12.1 Å². The van der Waals surface area contributed by atoms with E-state index in [0.717, 1.165) is 0 Å². The third kappa shape index (κ3) is 5.94. The van der Waals surface area contributed by atoms with Gasteiger partial charge in [0.05, 0.1) is 6.26 Å². The zero-order chi connectivity index (χ0) is 20.6. The summed E-state index contributed by atoms with van der Waals surface area (Å²) in [5.74, 6) is 0.507. The van der Waals surface area contributed by atoms with Gasteiger partial charge in [-0.1, -0.05) is 57.4 Å². The maximum absolute atomic E-state index is 12.1. The minimum Gasteiger partial charge on any atom is -0.459 e. The standard InChI is InChI=1S/C23H31N3O3/c1-16(2)22(19-12-10-18(11-13-19)17-7-4-3-5-8-17)24-15-21(27)25-26-23(28)20-9-6-14-29-20/h6,9-14,16-17,22,24H,3-5,7-8,15H2,1-2H3,(H,25,27)(H,26,28)/p+1/t22-/m0/s1. The van der Waals surface area contributed by atoms with Crippen LogP contribution in [0, 0.1) is 5.92 Å². The molecule has 0 radical (unpaired) electrons. The molecule has 0 unspecified atom stereocenters. The van der Waals surface area contributed by atoms with Gasteiger partial charge in [0.15, 0.2) is 12.3 Å². The molecule has 29 heavy (non-hydrogen) atoms. The molecule has 1 aliphatic carbocycles. The Kier molecular flexibility index (Phi) is 7.47. The highest BCUT2D eigenvalue weighted by atomic mass is 16.3. The summed E-state index contributed by atoms with van der Waals surface area (Å²) in [4.78, 5) is 24.0. The predicted molar refractivity (Wildman–Crippen MR) is 111 cm³/mol. The van der Waals surface area contributed by atoms with Crippen molar-refractivity contribution in [3.8, 4) is 0 Å². The summed E-state index contributed by atoms with van der Waals surface area (Å²) in [6, 6.07) is 12.3. The Morgan fingerprint density at radius 1 is 1.07 bits per heavy atom. The largest absolute Gasteiger partial charge is 0.459 e. The van der Waals surface area contributed by atoms with Gasteiger partial charge in [-0.2, -0.15) is 0 Å². The molecular formula is C23H32N3O3+. The lowest BCUT2D eigenvalue weighted by Gasteiger charge is -2.23. The van der Waals surface area contributed by atoms with Crippen molar-refractivity contribution in [2.75, 3.05) is 6.54 Å². The van der Waals surface area contributed by atoms with Gasteiger partial charge >= 0.3 is 5.91 Å². The number of rotatable bonds is 7. The molecule has 1 aliphatic rings. The van der Waals surface area contributed by atoms with Crippen molar-refractivity contribution in [3.05, 3.63) is 59.5 Å². The van der Waals surface area contributed by atoms with Gasteiger partial charge in [-0.05, 0) is 36.5 Å². The highest BCUT2D eigenvalue weighted by molar-refractivity contribution is 5.92. The van der Waals surface area contributed by atoms with E-state index >= 15 is 0 Å². The smallest absolute Gasteiger partial charge is 0.305 e. The third-order valence-corrected chi connectivity index (χ3v) is 5.73. The van der Waals surface area contributed by atoms with Gasteiger partial charge in [-0.15, -0.1) is 0 Å². The van der Waals surface area contributed by atoms with Crippen LogP contribution in [-0.4, -0.2) is 18.4 Å². The van der Waals surface area contributed by atoms with Crippen LogP contribution in [0.5, 0.6) is 0 Å². The summed E-state index contributed by atoms with van der Waals surface area (Å²) in [7, 11) is 0. The Labute approximate surface area is 172 Å². The average Bonchev–Trinajstić information content (AvgIpc) is 3.28. The fourth-order valence-corrected chi connectivity index (χ4v) is 4.10. The SMILES string of the molecule is CC(C)[C@H]([NH2+]CC(=O)NNC(=O)c1ccco1)c1ccc(C2CCCCC2)cc1. The van der Waals surface area contributed by atoms with Gasteiger partial charge in [-0.3, -0.25) is 20.4 Å². The summed E-state index contributed by atoms with van der Waals surface area (Å²) in [5, 5.41) is 2.02. The van der Waals surface area contributed by atoms with Gasteiger partial charge in [0.2, 0.25) is 0 Å². The van der Waals surface area contributed by atoms with Crippen LogP contribution in [0.25, 0.3) is 0 Å². The molecule has 1 aromatic carbocycles. The van der Waals surface area contributed by atoms with Crippen molar-refractivity contribution >= 4 is 11.8 Å². The van der Waals surface area contributed by atoms with Gasteiger partial charge in [0.1, 0.15) is 6.04 Å². The highest BCUT2D eigenvalue weighted by Crippen LogP contribution is 2.33. The van der Waals surface area contributed by atoms with Crippen molar-refractivity contribution in [2.45, 2.75) is 57.9 Å². The monoisotopic (exact) mass is 398 g/mol. The fraction of sp³-hybridized carbons (Fsp3) is 0.478. The molecule has 1 aromatic heterocycles. The Bertz CT molecular complexity index is 778. The van der Waals surface area contributed by atoms with E-state index in [-0.39, 0.29) is 24.3 Å². The number of hydrazine groups is 1. The molecule has 0 spiro atoms. The molecule has 1 fully saturated rings. The Balaban J connectivity index is 1.51. The van der Waals surface area contributed by atoms with Crippen LogP contribution < -0.4 is 16.2 Å². The Hall–Kier alpha value is -2.60. The van der Waals surface area contributed by atoms with Crippen LogP contribution in [-0.2, 0) is 4.79 Å². The highest BCUT2D eigenvalue weighted by Gasteiger charge is 2.22. The van der Waals surface area contributed by atoms with Gasteiger partial charge in [0.25, 0.3) is 5.91 Å². The number of furan rings is 1. The van der Waals surface area contributed by atoms with E-state index in [1.165, 1.54) is 49.5 Å². The summed E-state index contributed by atoms with van der Waals surface area (Å²) in [5.41, 5.74) is 7.48. The van der Waals surface area contributed by atoms with Crippen molar-refractivity contribution < 1.29 is 19.3 Å². The third-order valence-electron chi connectivity index (χ3n) is 5.73. The topological polar surface area (TPSA) is 88.0 Å². The molecule has 6 nitrogen and oxygen atoms in total. The van der Waals surface area contributed by atoms with E-state index in [1.807, 2.05) is 5.32 Å². The predicted octanol–water partition coefficient (Wildman–Crippen LogP) is 3.05. The molecule has 0 saturated heterocycles. The number of hydrogen-bond donors (Lipinski definition) is 3. The number of hydrogen-bond acceptors (Lipinski definition) is 3. The zero-order valence-electron chi connectivity index (χ0n) is 17.3. The van der Waals surface area contributed by atoms with Gasteiger partial charge in [0, 0.05) is 11.5 Å². The number of amides is 2. The van der Waals surface area contributed by atoms with Gasteiger partial charge < -0.3 is 9.73 Å². The number of quaternary nitrogens is 1. The first-order valence-electron chi connectivity index (χ1n) is 10.6. The number of benzene rings is 1. The molecular weight excluding hydrogens is 366 g/mol. The lowest BCUT2D eigenvalue weighted by Crippen LogP contribution is -2.88. The second-order valence-electron chi connectivity index (χ2n) is 8.19. The summed E-state index contributed by atoms with van der Waals surface area (Å²) >= 11 is 0. The molecule has 1 heterocycles. The Morgan fingerprint density at radius 2 is 1.79 bits per heavy atom. The number of nitrogens with two attached hydrogens (primary N) is 1. The summed E-state index contributed by atoms with van der Waals surface area (Å²) in [6.07, 6.45) is 8.03. The number of carbonyl (C=O) groups is 2. The van der Waals surface area contributed by atoms with E-state index < -0.39 is 5.91 Å². The first kappa shape index (κ1) is 21.1. The van der Waals surface area contributed by atoms with Crippen molar-refractivity contribution in [3.63, 3.8) is 0 Å². The molecule has 0 bridgehead atoms. The summed E-state index contributed by atoms with van der Waals surface area (Å²) in [6.45, 7) is 4.55. The van der Waals surface area contributed by atoms with Crippen molar-refractivity contribution in [1.29, 1.82) is 0 Å². The number of carbonyl (C=O) groups excluding carboxylic acids is 2. The maximum Gasteiger partial charge on any atom is 0.305 e. The first-order valence-corrected chi connectivity index (χ1v) is 10.6. The van der Waals surface area contributed by atoms with Crippen LogP contribution in [0.15, 0.2) is 47.1 Å². The molecule has 3 rings (SSSR count). The van der Waals surface area contributed by atoms with Crippen molar-refractivity contribution in [1.82, 2.24) is 10.9 Å². The van der Waals surface area contributed by atoms with E-state index in [9.17, 15) is 9.59 Å². The number of nitrogens with one attached hydrogen (secondary N) is 2. The molecule has 0 aliphatic heterocycles.